The van der Waals surface area contributed by atoms with E-state index in [0.717, 1.165) is 18.8 Å². The Labute approximate surface area is 138 Å². The highest BCUT2D eigenvalue weighted by Gasteiger charge is 2.12. The normalized spacial score (nSPS) is 15.3. The number of methoxy groups -OCH3 is 1. The summed E-state index contributed by atoms with van der Waals surface area (Å²) < 4.78 is 7.44. The van der Waals surface area contributed by atoms with Crippen molar-refractivity contribution in [3.63, 3.8) is 0 Å². The molecule has 0 bridgehead atoms. The van der Waals surface area contributed by atoms with Gasteiger partial charge in [-0.25, -0.2) is 4.57 Å². The standard InChI is InChI=1S/C20H25N2O/c1-23-20-8-6-18(7-9-20)4-5-19-10-14-22(15-11-19)17-16-21-12-2-3-13-21/h4-11,14-15H,2-3,12-13,16-17H2,1H3/q+1. The Kier molecular flexibility index (Phi) is 5.43. The molecule has 1 fully saturated rings. The summed E-state index contributed by atoms with van der Waals surface area (Å²) in [6.07, 6.45) is 11.3. The highest BCUT2D eigenvalue weighted by atomic mass is 16.5. The van der Waals surface area contributed by atoms with E-state index in [4.69, 9.17) is 4.74 Å². The van der Waals surface area contributed by atoms with Crippen LogP contribution in [0.2, 0.25) is 0 Å². The first-order chi connectivity index (χ1) is 11.3. The summed E-state index contributed by atoms with van der Waals surface area (Å²) in [6.45, 7) is 4.76. The number of likely N-dealkylation sites (tertiary alicyclic amines) is 1. The molecule has 3 rings (SSSR count). The third-order valence-electron chi connectivity index (χ3n) is 4.37. The summed E-state index contributed by atoms with van der Waals surface area (Å²) >= 11 is 0. The molecule has 1 aliphatic heterocycles. The summed E-state index contributed by atoms with van der Waals surface area (Å²) in [4.78, 5) is 2.55. The lowest BCUT2D eigenvalue weighted by Gasteiger charge is -2.11. The fourth-order valence-electron chi connectivity index (χ4n) is 2.90. The van der Waals surface area contributed by atoms with Crippen molar-refractivity contribution < 1.29 is 9.30 Å². The Bertz CT molecular complexity index is 626. The van der Waals surface area contributed by atoms with Gasteiger partial charge in [-0.3, -0.25) is 4.90 Å². The van der Waals surface area contributed by atoms with Gasteiger partial charge in [-0.05, 0) is 49.2 Å². The van der Waals surface area contributed by atoms with E-state index >= 15 is 0 Å². The number of rotatable bonds is 6. The number of ether oxygens (including phenoxy) is 1. The van der Waals surface area contributed by atoms with Crippen LogP contribution in [0, 0.1) is 0 Å². The van der Waals surface area contributed by atoms with Gasteiger partial charge in [-0.2, -0.15) is 0 Å². The zero-order chi connectivity index (χ0) is 15.9. The van der Waals surface area contributed by atoms with Crippen LogP contribution in [0.15, 0.2) is 48.8 Å². The first kappa shape index (κ1) is 15.8. The van der Waals surface area contributed by atoms with E-state index in [1.54, 1.807) is 7.11 Å². The van der Waals surface area contributed by atoms with Crippen LogP contribution in [0.25, 0.3) is 12.2 Å². The maximum absolute atomic E-state index is 5.17. The number of benzene rings is 1. The molecule has 0 spiro atoms. The molecule has 0 saturated carbocycles. The van der Waals surface area contributed by atoms with Gasteiger partial charge in [-0.1, -0.05) is 24.3 Å². The number of hydrogen-bond donors (Lipinski definition) is 0. The molecule has 120 valence electrons. The Morgan fingerprint density at radius 2 is 1.57 bits per heavy atom. The first-order valence-corrected chi connectivity index (χ1v) is 8.37. The van der Waals surface area contributed by atoms with Crippen molar-refractivity contribution in [1.29, 1.82) is 0 Å². The monoisotopic (exact) mass is 309 g/mol. The fraction of sp³-hybridized carbons (Fsp3) is 0.350. The predicted octanol–water partition coefficient (Wildman–Crippen LogP) is 3.25. The quantitative estimate of drug-likeness (QED) is 0.762. The molecule has 1 aliphatic rings. The summed E-state index contributed by atoms with van der Waals surface area (Å²) in [6, 6.07) is 12.4. The van der Waals surface area contributed by atoms with Crippen molar-refractivity contribution in [3.05, 3.63) is 59.9 Å². The second-order valence-electron chi connectivity index (χ2n) is 6.02. The molecule has 0 unspecified atom stereocenters. The maximum atomic E-state index is 5.17. The Balaban J connectivity index is 1.54. The second kappa shape index (κ2) is 7.93. The second-order valence-corrected chi connectivity index (χ2v) is 6.02. The zero-order valence-electron chi connectivity index (χ0n) is 13.8. The molecule has 1 saturated heterocycles. The molecular weight excluding hydrogens is 284 g/mol. The van der Waals surface area contributed by atoms with Crippen LogP contribution >= 0.6 is 0 Å². The van der Waals surface area contributed by atoms with E-state index in [1.807, 2.05) is 12.1 Å². The molecule has 3 nitrogen and oxygen atoms in total. The molecule has 2 heterocycles. The SMILES string of the molecule is COc1ccc(C=Cc2cc[n+](CCN3CCCC3)cc2)cc1. The molecule has 1 aromatic heterocycles. The Morgan fingerprint density at radius 1 is 0.957 bits per heavy atom. The van der Waals surface area contributed by atoms with E-state index in [-0.39, 0.29) is 0 Å². The van der Waals surface area contributed by atoms with Crippen molar-refractivity contribution >= 4 is 12.2 Å². The Morgan fingerprint density at radius 3 is 2.17 bits per heavy atom. The van der Waals surface area contributed by atoms with Crippen LogP contribution in [0.1, 0.15) is 24.0 Å². The number of hydrogen-bond acceptors (Lipinski definition) is 2. The van der Waals surface area contributed by atoms with Crippen molar-refractivity contribution in [2.45, 2.75) is 19.4 Å². The van der Waals surface area contributed by atoms with Gasteiger partial charge in [0.05, 0.1) is 13.7 Å². The Hall–Kier alpha value is -2.13. The van der Waals surface area contributed by atoms with Crippen LogP contribution in [0.4, 0.5) is 0 Å². The van der Waals surface area contributed by atoms with E-state index in [2.05, 4.69) is 58.3 Å². The molecule has 3 heteroatoms. The lowest BCUT2D eigenvalue weighted by atomic mass is 10.1. The third kappa shape index (κ3) is 4.67. The molecule has 0 radical (unpaired) electrons. The largest absolute Gasteiger partial charge is 0.497 e. The van der Waals surface area contributed by atoms with Gasteiger partial charge in [0.25, 0.3) is 0 Å². The summed E-state index contributed by atoms with van der Waals surface area (Å²) in [7, 11) is 1.69. The van der Waals surface area contributed by atoms with Gasteiger partial charge in [0, 0.05) is 12.1 Å². The van der Waals surface area contributed by atoms with Gasteiger partial charge >= 0.3 is 0 Å². The zero-order valence-corrected chi connectivity index (χ0v) is 13.8. The van der Waals surface area contributed by atoms with Crippen molar-refractivity contribution in [1.82, 2.24) is 4.90 Å². The van der Waals surface area contributed by atoms with Crippen LogP contribution < -0.4 is 9.30 Å². The summed E-state index contributed by atoms with van der Waals surface area (Å²) in [5.41, 5.74) is 2.40. The minimum absolute atomic E-state index is 0.890. The van der Waals surface area contributed by atoms with Crippen LogP contribution in [0.5, 0.6) is 5.75 Å². The highest BCUT2D eigenvalue weighted by molar-refractivity contribution is 5.69. The van der Waals surface area contributed by atoms with Crippen molar-refractivity contribution in [2.75, 3.05) is 26.7 Å². The van der Waals surface area contributed by atoms with E-state index < -0.39 is 0 Å². The molecule has 23 heavy (non-hydrogen) atoms. The lowest BCUT2D eigenvalue weighted by molar-refractivity contribution is -0.696. The molecule has 0 N–H and O–H groups in total. The molecular formula is C20H25N2O+. The molecule has 1 aromatic carbocycles. The average Bonchev–Trinajstić information content (AvgIpc) is 3.13. The van der Waals surface area contributed by atoms with Gasteiger partial charge in [0.2, 0.25) is 0 Å². The molecule has 0 aliphatic carbocycles. The third-order valence-corrected chi connectivity index (χ3v) is 4.37. The van der Waals surface area contributed by atoms with Gasteiger partial charge in [0.1, 0.15) is 5.75 Å². The number of aromatic nitrogens is 1. The molecule has 0 atom stereocenters. The van der Waals surface area contributed by atoms with Gasteiger partial charge in [0.15, 0.2) is 18.9 Å². The number of nitrogens with zero attached hydrogens (tertiary/aromatic N) is 2. The topological polar surface area (TPSA) is 16.4 Å². The first-order valence-electron chi connectivity index (χ1n) is 8.37. The van der Waals surface area contributed by atoms with E-state index in [9.17, 15) is 0 Å². The predicted molar refractivity (Wildman–Crippen MR) is 94.2 cm³/mol. The van der Waals surface area contributed by atoms with E-state index in [0.29, 0.717) is 0 Å². The van der Waals surface area contributed by atoms with Crippen molar-refractivity contribution in [2.24, 2.45) is 0 Å². The molecule has 0 amide bonds. The smallest absolute Gasteiger partial charge is 0.169 e. The summed E-state index contributed by atoms with van der Waals surface area (Å²) in [5.74, 6) is 0.890. The summed E-state index contributed by atoms with van der Waals surface area (Å²) in [5, 5.41) is 0. The highest BCUT2D eigenvalue weighted by Crippen LogP contribution is 2.13. The average molecular weight is 309 g/mol. The van der Waals surface area contributed by atoms with Crippen molar-refractivity contribution in [3.8, 4) is 5.75 Å². The minimum Gasteiger partial charge on any atom is -0.497 e. The number of pyridine rings is 1. The van der Waals surface area contributed by atoms with Gasteiger partial charge in [-0.15, -0.1) is 0 Å². The maximum Gasteiger partial charge on any atom is 0.169 e. The lowest BCUT2D eigenvalue weighted by Crippen LogP contribution is -2.39. The van der Waals surface area contributed by atoms with E-state index in [1.165, 1.54) is 37.1 Å². The fourth-order valence-corrected chi connectivity index (χ4v) is 2.90. The van der Waals surface area contributed by atoms with Crippen LogP contribution in [-0.4, -0.2) is 31.6 Å². The van der Waals surface area contributed by atoms with Gasteiger partial charge < -0.3 is 4.74 Å². The molecule has 2 aromatic rings. The minimum atomic E-state index is 0.890. The van der Waals surface area contributed by atoms with Crippen LogP contribution in [-0.2, 0) is 6.54 Å². The van der Waals surface area contributed by atoms with Crippen LogP contribution in [0.3, 0.4) is 0 Å².